The lowest BCUT2D eigenvalue weighted by Crippen LogP contribution is -2.26. The molecule has 1 aromatic heterocycles. The summed E-state index contributed by atoms with van der Waals surface area (Å²) in [4.78, 5) is 27.0. The van der Waals surface area contributed by atoms with Gasteiger partial charge in [-0.25, -0.2) is 0 Å². The molecule has 0 saturated carbocycles. The summed E-state index contributed by atoms with van der Waals surface area (Å²) < 4.78 is 4.93. The highest BCUT2D eigenvalue weighted by Gasteiger charge is 2.25. The van der Waals surface area contributed by atoms with Crippen LogP contribution in [0.2, 0.25) is 0 Å². The number of ketones is 1. The first-order chi connectivity index (χ1) is 9.15. The Labute approximate surface area is 112 Å². The van der Waals surface area contributed by atoms with Gasteiger partial charge in [-0.1, -0.05) is 0 Å². The number of carbonyl (C=O) groups excluding carboxylic acids is 2. The molecular weight excluding hydrogens is 244 g/mol. The van der Waals surface area contributed by atoms with Crippen molar-refractivity contribution in [3.05, 3.63) is 22.5 Å². The van der Waals surface area contributed by atoms with Crippen molar-refractivity contribution in [3.63, 3.8) is 0 Å². The lowest BCUT2D eigenvalue weighted by Gasteiger charge is -2.09. The number of ether oxygens (including phenoxy) is 1. The molecule has 1 amide bonds. The number of aromatic nitrogens is 1. The molecule has 0 bridgehead atoms. The summed E-state index contributed by atoms with van der Waals surface area (Å²) in [6.45, 7) is 3.03. The third-order valence-electron chi connectivity index (χ3n) is 3.47. The molecule has 5 nitrogen and oxygen atoms in total. The number of amides is 1. The third kappa shape index (κ3) is 2.87. The molecule has 0 spiro atoms. The van der Waals surface area contributed by atoms with Crippen molar-refractivity contribution in [2.45, 2.75) is 32.6 Å². The van der Waals surface area contributed by atoms with Gasteiger partial charge < -0.3 is 15.0 Å². The minimum absolute atomic E-state index is 0.143. The van der Waals surface area contributed by atoms with Crippen molar-refractivity contribution in [1.82, 2.24) is 10.3 Å². The molecule has 1 heterocycles. The van der Waals surface area contributed by atoms with E-state index in [0.717, 1.165) is 36.1 Å². The Bertz CT molecular complexity index is 491. The molecule has 1 aromatic rings. The van der Waals surface area contributed by atoms with Crippen LogP contribution in [0.1, 0.15) is 51.4 Å². The van der Waals surface area contributed by atoms with Crippen LogP contribution in [-0.2, 0) is 11.2 Å². The zero-order valence-corrected chi connectivity index (χ0v) is 11.5. The molecule has 0 aliphatic heterocycles. The second kappa shape index (κ2) is 6.02. The molecule has 5 heteroatoms. The van der Waals surface area contributed by atoms with E-state index in [-0.39, 0.29) is 11.7 Å². The molecule has 19 heavy (non-hydrogen) atoms. The van der Waals surface area contributed by atoms with Crippen LogP contribution in [0.15, 0.2) is 0 Å². The molecule has 0 radical (unpaired) electrons. The number of hydrogen-bond acceptors (Lipinski definition) is 3. The number of fused-ring (bicyclic) bond motifs is 1. The molecule has 0 aromatic carbocycles. The quantitative estimate of drug-likeness (QED) is 0.794. The van der Waals surface area contributed by atoms with Crippen LogP contribution in [0.5, 0.6) is 0 Å². The van der Waals surface area contributed by atoms with Crippen LogP contribution in [0.4, 0.5) is 0 Å². The van der Waals surface area contributed by atoms with Crippen molar-refractivity contribution >= 4 is 11.7 Å². The lowest BCUT2D eigenvalue weighted by molar-refractivity contribution is 0.0942. The predicted octanol–water partition coefficient (Wildman–Crippen LogP) is 1.61. The Hall–Kier alpha value is -1.62. The number of carbonyl (C=O) groups is 2. The van der Waals surface area contributed by atoms with E-state index in [2.05, 4.69) is 10.3 Å². The van der Waals surface area contributed by atoms with Gasteiger partial charge in [0, 0.05) is 37.9 Å². The van der Waals surface area contributed by atoms with E-state index >= 15 is 0 Å². The van der Waals surface area contributed by atoms with E-state index in [4.69, 9.17) is 4.74 Å². The second-order valence-electron chi connectivity index (χ2n) is 4.86. The van der Waals surface area contributed by atoms with Gasteiger partial charge in [0.05, 0.1) is 0 Å². The molecule has 2 N–H and O–H groups in total. The first-order valence-corrected chi connectivity index (χ1v) is 6.67. The fourth-order valence-electron chi connectivity index (χ4n) is 2.51. The number of aromatic amines is 1. The van der Waals surface area contributed by atoms with Gasteiger partial charge in [-0.05, 0) is 31.7 Å². The van der Waals surface area contributed by atoms with Gasteiger partial charge in [0.2, 0.25) is 0 Å². The molecule has 1 aliphatic carbocycles. The van der Waals surface area contributed by atoms with Gasteiger partial charge in [0.25, 0.3) is 5.91 Å². The summed E-state index contributed by atoms with van der Waals surface area (Å²) in [5, 5.41) is 2.84. The van der Waals surface area contributed by atoms with Gasteiger partial charge in [-0.3, -0.25) is 9.59 Å². The van der Waals surface area contributed by atoms with Gasteiger partial charge in [-0.15, -0.1) is 0 Å². The summed E-state index contributed by atoms with van der Waals surface area (Å²) in [6, 6.07) is 0. The van der Waals surface area contributed by atoms with Crippen LogP contribution < -0.4 is 5.32 Å². The average molecular weight is 264 g/mol. The Morgan fingerprint density at radius 3 is 2.89 bits per heavy atom. The fourth-order valence-corrected chi connectivity index (χ4v) is 2.51. The third-order valence-corrected chi connectivity index (χ3v) is 3.47. The molecular formula is C14H20N2O3. The molecule has 2 rings (SSSR count). The smallest absolute Gasteiger partial charge is 0.268 e. The van der Waals surface area contributed by atoms with Crippen LogP contribution in [0.3, 0.4) is 0 Å². The van der Waals surface area contributed by atoms with Crippen LogP contribution >= 0.6 is 0 Å². The van der Waals surface area contributed by atoms with E-state index in [1.807, 2.05) is 6.92 Å². The number of rotatable bonds is 5. The van der Waals surface area contributed by atoms with E-state index in [1.54, 1.807) is 7.11 Å². The number of Topliss-reactive ketones (excluding diaryl/α,β-unsaturated/α-hetero) is 1. The molecule has 104 valence electrons. The fraction of sp³-hybridized carbons (Fsp3) is 0.571. The molecule has 0 fully saturated rings. The van der Waals surface area contributed by atoms with Crippen LogP contribution in [-0.4, -0.2) is 36.9 Å². The zero-order chi connectivity index (χ0) is 13.8. The van der Waals surface area contributed by atoms with E-state index in [9.17, 15) is 9.59 Å². The van der Waals surface area contributed by atoms with Crippen LogP contribution in [0.25, 0.3) is 0 Å². The zero-order valence-electron chi connectivity index (χ0n) is 11.5. The SMILES string of the molecule is COCCCNC(=O)c1[nH]c2c(c1C)C(=O)CCC2. The normalized spacial score (nSPS) is 14.3. The minimum Gasteiger partial charge on any atom is -0.385 e. The highest BCUT2D eigenvalue weighted by atomic mass is 16.5. The van der Waals surface area contributed by atoms with E-state index in [1.165, 1.54) is 0 Å². The summed E-state index contributed by atoms with van der Waals surface area (Å²) in [6.07, 6.45) is 3.07. The summed E-state index contributed by atoms with van der Waals surface area (Å²) in [5.41, 5.74) is 2.95. The largest absolute Gasteiger partial charge is 0.385 e. The van der Waals surface area contributed by atoms with E-state index < -0.39 is 0 Å². The van der Waals surface area contributed by atoms with Gasteiger partial charge >= 0.3 is 0 Å². The van der Waals surface area contributed by atoms with E-state index in [0.29, 0.717) is 25.3 Å². The average Bonchev–Trinajstić information content (AvgIpc) is 2.73. The maximum atomic E-state index is 12.1. The maximum absolute atomic E-state index is 12.1. The summed E-state index contributed by atoms with van der Waals surface area (Å²) in [7, 11) is 1.64. The number of aryl methyl sites for hydroxylation is 1. The molecule has 0 unspecified atom stereocenters. The molecule has 0 saturated heterocycles. The number of hydrogen-bond donors (Lipinski definition) is 2. The topological polar surface area (TPSA) is 71.2 Å². The van der Waals surface area contributed by atoms with Crippen molar-refractivity contribution < 1.29 is 14.3 Å². The van der Waals surface area contributed by atoms with Crippen LogP contribution in [0, 0.1) is 6.92 Å². The van der Waals surface area contributed by atoms with Crippen molar-refractivity contribution in [2.24, 2.45) is 0 Å². The summed E-state index contributed by atoms with van der Waals surface area (Å²) in [5.74, 6) is 0.00392. The predicted molar refractivity (Wildman–Crippen MR) is 71.6 cm³/mol. The lowest BCUT2D eigenvalue weighted by atomic mass is 9.94. The summed E-state index contributed by atoms with van der Waals surface area (Å²) >= 11 is 0. The number of H-pyrrole nitrogens is 1. The minimum atomic E-state index is -0.143. The standard InChI is InChI=1S/C14H20N2O3/c1-9-12-10(5-3-6-11(12)17)16-13(9)14(18)15-7-4-8-19-2/h16H,3-8H2,1-2H3,(H,15,18). The Morgan fingerprint density at radius 1 is 1.42 bits per heavy atom. The van der Waals surface area contributed by atoms with Gasteiger partial charge in [-0.2, -0.15) is 0 Å². The number of methoxy groups -OCH3 is 1. The second-order valence-corrected chi connectivity index (χ2v) is 4.86. The van der Waals surface area contributed by atoms with Gasteiger partial charge in [0.15, 0.2) is 5.78 Å². The monoisotopic (exact) mass is 264 g/mol. The Balaban J connectivity index is 2.08. The highest BCUT2D eigenvalue weighted by Crippen LogP contribution is 2.26. The van der Waals surface area contributed by atoms with Crippen molar-refractivity contribution in [1.29, 1.82) is 0 Å². The van der Waals surface area contributed by atoms with Crippen molar-refractivity contribution in [2.75, 3.05) is 20.3 Å². The number of nitrogens with one attached hydrogen (secondary N) is 2. The molecule has 1 aliphatic rings. The Morgan fingerprint density at radius 2 is 2.21 bits per heavy atom. The first kappa shape index (κ1) is 13.8. The van der Waals surface area contributed by atoms with Gasteiger partial charge in [0.1, 0.15) is 5.69 Å². The highest BCUT2D eigenvalue weighted by molar-refractivity contribution is 6.04. The maximum Gasteiger partial charge on any atom is 0.268 e. The molecule has 0 atom stereocenters. The first-order valence-electron chi connectivity index (χ1n) is 6.67. The van der Waals surface area contributed by atoms with Crippen molar-refractivity contribution in [3.8, 4) is 0 Å². The Kier molecular flexibility index (Phi) is 4.37.